The Morgan fingerprint density at radius 2 is 1.27 bits per heavy atom. The average Bonchev–Trinajstić information content (AvgIpc) is 3.34. The molecule has 0 radical (unpaired) electrons. The molecule has 4 saturated heterocycles. The number of hydrogen-bond donors (Lipinski definition) is 12. The Balaban J connectivity index is 0.891. The molecule has 27 atom stereocenters. The molecule has 0 spiro atoms. The van der Waals surface area contributed by atoms with Crippen LogP contribution in [0.1, 0.15) is 120 Å². The molecule has 4 heterocycles. The number of rotatable bonds is 10. The molecule has 0 aromatic rings. The predicted molar refractivity (Wildman–Crippen MR) is 255 cm³/mol. The number of aliphatic hydroxyl groups is 12. The van der Waals surface area contributed by atoms with Gasteiger partial charge in [-0.25, -0.2) is 0 Å². The fraction of sp³-hybridized carbons (Fsp3) is 0.943. The van der Waals surface area contributed by atoms with Gasteiger partial charge in [-0.05, 0) is 116 Å². The maximum absolute atomic E-state index is 15.1. The third-order valence-electron chi connectivity index (χ3n) is 21.0. The minimum absolute atomic E-state index is 0.0778. The van der Waals surface area contributed by atoms with Gasteiger partial charge >= 0.3 is 5.97 Å². The van der Waals surface area contributed by atoms with Gasteiger partial charge < -0.3 is 99.2 Å². The van der Waals surface area contributed by atoms with Gasteiger partial charge in [-0.2, -0.15) is 0 Å². The molecule has 0 aromatic heterocycles. The smallest absolute Gasteiger partial charge is 0.315 e. The number of carbonyl (C=O) groups is 1. The third kappa shape index (κ3) is 9.27. The van der Waals surface area contributed by atoms with Crippen molar-refractivity contribution in [3.63, 3.8) is 0 Å². The van der Waals surface area contributed by atoms with Crippen LogP contribution in [0.4, 0.5) is 0 Å². The second-order valence-corrected chi connectivity index (χ2v) is 25.8. The van der Waals surface area contributed by atoms with Crippen LogP contribution in [-0.4, -0.2) is 210 Å². The van der Waals surface area contributed by atoms with Crippen molar-refractivity contribution in [1.82, 2.24) is 0 Å². The van der Waals surface area contributed by atoms with Crippen LogP contribution in [0.15, 0.2) is 11.6 Å². The Morgan fingerprint density at radius 1 is 0.635 bits per heavy atom. The Hall–Kier alpha value is -1.55. The largest absolute Gasteiger partial charge is 0.432 e. The van der Waals surface area contributed by atoms with Crippen molar-refractivity contribution < 1.29 is 104 Å². The van der Waals surface area contributed by atoms with Gasteiger partial charge in [0.05, 0.1) is 37.4 Å². The minimum atomic E-state index is -1.86. The van der Waals surface area contributed by atoms with E-state index in [-0.39, 0.29) is 51.6 Å². The molecule has 5 aliphatic carbocycles. The van der Waals surface area contributed by atoms with Crippen molar-refractivity contribution in [1.29, 1.82) is 0 Å². The standard InChI is InChI=1S/C53H86O21/c1-23-32(56)35(59)39(63)45(69-23)73-42-27(20-54)70-43(41(65)37(42)61)68-22-28-34(58)36(60)40(64)46(71-28)74-47(66)53-17-15-48(2,3)19-25(53)24-9-10-30-50(6)13-12-31(72-44-38(62)33(57)26(55)21-67-44)49(4,5)29(50)11-14-52(30,8)51(24,7)16-18-53/h9,23,25-46,54-65H,10-22H2,1-8H3/t23-,25+,26-,27-,28-,29+,30-,31+,32-,33-,34-,35+,36+,37-,38+,39+,40-,41-,42-,43-,44-,45-,46+,50+,51-,52-,53+/m0/s1. The molecular formula is C53H86O21. The Labute approximate surface area is 433 Å². The van der Waals surface area contributed by atoms with Crippen LogP contribution < -0.4 is 0 Å². The van der Waals surface area contributed by atoms with Crippen molar-refractivity contribution in [2.45, 2.75) is 242 Å². The molecule has 9 aliphatic rings. The third-order valence-corrected chi connectivity index (χ3v) is 21.0. The molecule has 0 unspecified atom stereocenters. The van der Waals surface area contributed by atoms with E-state index in [1.807, 2.05) is 0 Å². The van der Waals surface area contributed by atoms with E-state index in [0.717, 1.165) is 44.9 Å². The summed E-state index contributed by atoms with van der Waals surface area (Å²) < 4.78 is 47.1. The molecule has 21 heteroatoms. The summed E-state index contributed by atoms with van der Waals surface area (Å²) in [6.07, 6.45) is -19.6. The first-order valence-corrected chi connectivity index (χ1v) is 27.1. The van der Waals surface area contributed by atoms with E-state index in [1.165, 1.54) is 12.5 Å². The lowest BCUT2D eigenvalue weighted by Gasteiger charge is -2.71. The van der Waals surface area contributed by atoms with E-state index < -0.39 is 141 Å². The lowest BCUT2D eigenvalue weighted by atomic mass is 9.33. The first-order chi connectivity index (χ1) is 34.6. The summed E-state index contributed by atoms with van der Waals surface area (Å²) in [4.78, 5) is 15.1. The molecule has 21 nitrogen and oxygen atoms in total. The van der Waals surface area contributed by atoms with Crippen LogP contribution in [0.25, 0.3) is 0 Å². The van der Waals surface area contributed by atoms with Crippen molar-refractivity contribution in [3.05, 3.63) is 11.6 Å². The van der Waals surface area contributed by atoms with E-state index in [9.17, 15) is 61.3 Å². The molecule has 0 bridgehead atoms. The topological polar surface area (TPSA) is 334 Å². The van der Waals surface area contributed by atoms with E-state index in [2.05, 4.69) is 54.5 Å². The van der Waals surface area contributed by atoms with E-state index >= 15 is 4.79 Å². The maximum atomic E-state index is 15.1. The highest BCUT2D eigenvalue weighted by atomic mass is 16.8. The van der Waals surface area contributed by atoms with Crippen molar-refractivity contribution in [2.24, 2.45) is 50.2 Å². The van der Waals surface area contributed by atoms with Gasteiger partial charge in [0.25, 0.3) is 0 Å². The lowest BCUT2D eigenvalue weighted by Crippen LogP contribution is -2.66. The molecule has 424 valence electrons. The summed E-state index contributed by atoms with van der Waals surface area (Å²) in [5.41, 5.74) is -0.647. The number of ether oxygens (including phenoxy) is 8. The minimum Gasteiger partial charge on any atom is -0.432 e. The number of carbonyl (C=O) groups excluding carboxylic acids is 1. The molecule has 4 aliphatic heterocycles. The van der Waals surface area contributed by atoms with Gasteiger partial charge in [-0.1, -0.05) is 60.1 Å². The average molecular weight is 1060 g/mol. The maximum Gasteiger partial charge on any atom is 0.315 e. The Bertz CT molecular complexity index is 2040. The van der Waals surface area contributed by atoms with Gasteiger partial charge in [0.1, 0.15) is 85.5 Å². The second-order valence-electron chi connectivity index (χ2n) is 25.8. The van der Waals surface area contributed by atoms with Crippen LogP contribution in [0.5, 0.6) is 0 Å². The molecule has 9 rings (SSSR count). The van der Waals surface area contributed by atoms with Crippen LogP contribution in [0.3, 0.4) is 0 Å². The number of fused-ring (bicyclic) bond motifs is 7. The molecule has 4 saturated carbocycles. The first kappa shape index (κ1) is 57.1. The number of hydrogen-bond acceptors (Lipinski definition) is 21. The zero-order valence-electron chi connectivity index (χ0n) is 44.1. The normalized spacial score (nSPS) is 54.1. The van der Waals surface area contributed by atoms with Gasteiger partial charge in [0.15, 0.2) is 18.9 Å². The van der Waals surface area contributed by atoms with Gasteiger partial charge in [-0.3, -0.25) is 4.79 Å². The highest BCUT2D eigenvalue weighted by Crippen LogP contribution is 2.76. The zero-order chi connectivity index (χ0) is 54.0. The summed E-state index contributed by atoms with van der Waals surface area (Å²) in [7, 11) is 0. The highest BCUT2D eigenvalue weighted by Gasteiger charge is 2.70. The summed E-state index contributed by atoms with van der Waals surface area (Å²) in [6, 6.07) is 0. The van der Waals surface area contributed by atoms with Crippen molar-refractivity contribution >= 4 is 5.97 Å². The van der Waals surface area contributed by atoms with Crippen LogP contribution >= 0.6 is 0 Å². The summed E-state index contributed by atoms with van der Waals surface area (Å²) in [6.45, 7) is 16.1. The molecule has 0 aromatic carbocycles. The van der Waals surface area contributed by atoms with Crippen LogP contribution in [-0.2, 0) is 42.7 Å². The second kappa shape index (κ2) is 20.5. The molecule has 12 N–H and O–H groups in total. The zero-order valence-corrected chi connectivity index (χ0v) is 44.1. The predicted octanol–water partition coefficient (Wildman–Crippen LogP) is -0.369. The van der Waals surface area contributed by atoms with E-state index in [0.29, 0.717) is 25.2 Å². The molecule has 0 amide bonds. The summed E-state index contributed by atoms with van der Waals surface area (Å²) in [5.74, 6) is -0.203. The first-order valence-electron chi connectivity index (χ1n) is 27.1. The van der Waals surface area contributed by atoms with E-state index in [1.54, 1.807) is 0 Å². The highest BCUT2D eigenvalue weighted by molar-refractivity contribution is 5.79. The summed E-state index contributed by atoms with van der Waals surface area (Å²) in [5, 5.41) is 128. The Kier molecular flexibility index (Phi) is 15.8. The van der Waals surface area contributed by atoms with Gasteiger partial charge in [0, 0.05) is 0 Å². The SMILES string of the molecule is C[C@@H]1O[C@@H](O[C@@H]2[C@@H](O)[C@H](O)[C@@H](OC[C@@H]3O[C@H](OC(=O)[C@@]45CCC(C)(C)C[C@@H]4C4=CC[C@H]6[C@]7(C)CC[C@@H](O[C@@H]8OC[C@H](O)[C@H](O)[C@H]8O)C(C)(C)[C@H]7CC[C@]6(C)[C@@]4(C)CC5)[C@@H](O)[C@H](O)[C@H]3O)O[C@H]2CO)[C@H](O)[C@H](O)[C@H]1O. The lowest BCUT2D eigenvalue weighted by molar-refractivity contribution is -0.361. The monoisotopic (exact) mass is 1060 g/mol. The molecular weight excluding hydrogens is 973 g/mol. The molecule has 74 heavy (non-hydrogen) atoms. The van der Waals surface area contributed by atoms with Crippen molar-refractivity contribution in [3.8, 4) is 0 Å². The fourth-order valence-electron chi connectivity index (χ4n) is 16.1. The quantitative estimate of drug-likeness (QED) is 0.0755. The van der Waals surface area contributed by atoms with Crippen molar-refractivity contribution in [2.75, 3.05) is 19.8 Å². The van der Waals surface area contributed by atoms with Crippen LogP contribution in [0.2, 0.25) is 0 Å². The number of aliphatic hydroxyl groups excluding tert-OH is 12. The number of esters is 1. The van der Waals surface area contributed by atoms with Crippen LogP contribution in [0, 0.1) is 50.2 Å². The fourth-order valence-corrected chi connectivity index (χ4v) is 16.1. The van der Waals surface area contributed by atoms with E-state index in [4.69, 9.17) is 37.9 Å². The Morgan fingerprint density at radius 3 is 1.97 bits per heavy atom. The van der Waals surface area contributed by atoms with Gasteiger partial charge in [-0.15, -0.1) is 0 Å². The molecule has 8 fully saturated rings. The van der Waals surface area contributed by atoms with Gasteiger partial charge in [0.2, 0.25) is 6.29 Å². The summed E-state index contributed by atoms with van der Waals surface area (Å²) >= 11 is 0. The number of allylic oxidation sites excluding steroid dienone is 2.